The lowest BCUT2D eigenvalue weighted by Crippen LogP contribution is -2.47. The summed E-state index contributed by atoms with van der Waals surface area (Å²) in [6.45, 7) is 0.638. The summed E-state index contributed by atoms with van der Waals surface area (Å²) in [6.07, 6.45) is 9.31. The molecule has 0 aromatic rings. The van der Waals surface area contributed by atoms with Crippen LogP contribution in [-0.2, 0) is 4.79 Å². The second-order valence-electron chi connectivity index (χ2n) is 5.85. The maximum atomic E-state index is 11.6. The van der Waals surface area contributed by atoms with Crippen LogP contribution in [0.5, 0.6) is 0 Å². The number of nitrogens with one attached hydrogen (secondary N) is 2. The molecule has 2 rings (SSSR count). The summed E-state index contributed by atoms with van der Waals surface area (Å²) < 4.78 is 0. The number of hydrogen-bond donors (Lipinski definition) is 3. The normalized spacial score (nSPS) is 21.1. The Morgan fingerprint density at radius 2 is 1.84 bits per heavy atom. The molecular formula is C14H24N2O3. The van der Waals surface area contributed by atoms with Gasteiger partial charge in [0.15, 0.2) is 0 Å². The van der Waals surface area contributed by atoms with Crippen molar-refractivity contribution in [2.75, 3.05) is 6.54 Å². The number of rotatable bonds is 7. The van der Waals surface area contributed by atoms with Crippen LogP contribution in [0.1, 0.15) is 51.4 Å². The van der Waals surface area contributed by atoms with E-state index in [0.717, 1.165) is 25.2 Å². The van der Waals surface area contributed by atoms with Gasteiger partial charge in [-0.25, -0.2) is 9.59 Å². The topological polar surface area (TPSA) is 78.4 Å². The van der Waals surface area contributed by atoms with Crippen LogP contribution in [0.4, 0.5) is 4.79 Å². The molecule has 2 aliphatic carbocycles. The Labute approximate surface area is 114 Å². The highest BCUT2D eigenvalue weighted by atomic mass is 16.4. The first kappa shape index (κ1) is 14.2. The fraction of sp³-hybridized carbons (Fsp3) is 0.857. The third-order valence-electron chi connectivity index (χ3n) is 4.20. The van der Waals surface area contributed by atoms with E-state index in [-0.39, 0.29) is 11.9 Å². The number of carboxylic acids is 1. The zero-order valence-corrected chi connectivity index (χ0v) is 11.4. The molecule has 1 unspecified atom stereocenters. The van der Waals surface area contributed by atoms with Gasteiger partial charge in [-0.1, -0.05) is 25.7 Å². The summed E-state index contributed by atoms with van der Waals surface area (Å²) in [5.41, 5.74) is 0. The summed E-state index contributed by atoms with van der Waals surface area (Å²) in [7, 11) is 0. The molecule has 0 aliphatic heterocycles. The van der Waals surface area contributed by atoms with Gasteiger partial charge < -0.3 is 15.7 Å². The van der Waals surface area contributed by atoms with Crippen molar-refractivity contribution in [3.05, 3.63) is 0 Å². The Morgan fingerprint density at radius 3 is 2.42 bits per heavy atom. The number of carbonyl (C=O) groups excluding carboxylic acids is 1. The molecule has 0 saturated heterocycles. The van der Waals surface area contributed by atoms with Crippen LogP contribution in [-0.4, -0.2) is 29.7 Å². The van der Waals surface area contributed by atoms with E-state index in [2.05, 4.69) is 10.6 Å². The molecule has 0 aromatic heterocycles. The smallest absolute Gasteiger partial charge is 0.326 e. The number of carboxylic acid groups (broad SMARTS) is 1. The summed E-state index contributed by atoms with van der Waals surface area (Å²) >= 11 is 0. The number of carbonyl (C=O) groups is 2. The highest BCUT2D eigenvalue weighted by Gasteiger charge is 2.37. The predicted octanol–water partition coefficient (Wildman–Crippen LogP) is 2.12. The molecule has 19 heavy (non-hydrogen) atoms. The average Bonchev–Trinajstić information content (AvgIpc) is 3.08. The Hall–Kier alpha value is -1.26. The van der Waals surface area contributed by atoms with Gasteiger partial charge in [0, 0.05) is 6.54 Å². The number of amides is 2. The predicted molar refractivity (Wildman–Crippen MR) is 71.9 cm³/mol. The maximum absolute atomic E-state index is 11.6. The maximum Gasteiger partial charge on any atom is 0.326 e. The summed E-state index contributed by atoms with van der Waals surface area (Å²) in [5.74, 6) is 0.0356. The van der Waals surface area contributed by atoms with Gasteiger partial charge in [0.25, 0.3) is 0 Å². The van der Waals surface area contributed by atoms with Crippen molar-refractivity contribution in [2.45, 2.75) is 57.4 Å². The highest BCUT2D eigenvalue weighted by Crippen LogP contribution is 2.32. The van der Waals surface area contributed by atoms with Gasteiger partial charge in [-0.2, -0.15) is 0 Å². The molecule has 0 bridgehead atoms. The molecule has 0 aromatic carbocycles. The molecule has 2 amide bonds. The first-order valence-electron chi connectivity index (χ1n) is 7.44. The van der Waals surface area contributed by atoms with E-state index in [1.54, 1.807) is 0 Å². The Kier molecular flexibility index (Phi) is 5.05. The van der Waals surface area contributed by atoms with E-state index in [1.807, 2.05) is 0 Å². The van der Waals surface area contributed by atoms with Crippen LogP contribution < -0.4 is 10.6 Å². The fourth-order valence-corrected chi connectivity index (χ4v) is 2.89. The third-order valence-corrected chi connectivity index (χ3v) is 4.20. The Morgan fingerprint density at radius 1 is 1.16 bits per heavy atom. The molecule has 2 aliphatic rings. The minimum Gasteiger partial charge on any atom is -0.480 e. The van der Waals surface area contributed by atoms with Gasteiger partial charge in [-0.15, -0.1) is 0 Å². The lowest BCUT2D eigenvalue weighted by atomic mass is 10.0. The SMILES string of the molecule is O=C(NCCCC1CCCC1)NC(C(=O)O)C1CC1. The second kappa shape index (κ2) is 6.78. The van der Waals surface area contributed by atoms with Crippen LogP contribution in [0.3, 0.4) is 0 Å². The van der Waals surface area contributed by atoms with Gasteiger partial charge in [0.1, 0.15) is 6.04 Å². The molecule has 2 fully saturated rings. The molecule has 108 valence electrons. The molecule has 0 heterocycles. The lowest BCUT2D eigenvalue weighted by molar-refractivity contribution is -0.139. The second-order valence-corrected chi connectivity index (χ2v) is 5.85. The summed E-state index contributed by atoms with van der Waals surface area (Å²) in [4.78, 5) is 22.6. The zero-order chi connectivity index (χ0) is 13.7. The highest BCUT2D eigenvalue weighted by molar-refractivity contribution is 5.83. The van der Waals surface area contributed by atoms with Crippen molar-refractivity contribution in [3.63, 3.8) is 0 Å². The quantitative estimate of drug-likeness (QED) is 0.619. The standard InChI is InChI=1S/C14H24N2O3/c17-13(18)12(11-7-8-11)16-14(19)15-9-3-6-10-4-1-2-5-10/h10-12H,1-9H2,(H,17,18)(H2,15,16,19). The zero-order valence-electron chi connectivity index (χ0n) is 11.4. The Bertz CT molecular complexity index is 323. The van der Waals surface area contributed by atoms with Gasteiger partial charge >= 0.3 is 12.0 Å². The minimum absolute atomic E-state index is 0.127. The van der Waals surface area contributed by atoms with Crippen LogP contribution >= 0.6 is 0 Å². The van der Waals surface area contributed by atoms with Crippen molar-refractivity contribution in [1.82, 2.24) is 10.6 Å². The summed E-state index contributed by atoms with van der Waals surface area (Å²) in [6, 6.07) is -1.06. The van der Waals surface area contributed by atoms with Crippen LogP contribution in [0.25, 0.3) is 0 Å². The molecule has 0 spiro atoms. The van der Waals surface area contributed by atoms with Crippen molar-refractivity contribution < 1.29 is 14.7 Å². The number of aliphatic carboxylic acids is 1. The van der Waals surface area contributed by atoms with Gasteiger partial charge in [0.05, 0.1) is 0 Å². The van der Waals surface area contributed by atoms with Gasteiger partial charge in [0.2, 0.25) is 0 Å². The van der Waals surface area contributed by atoms with E-state index >= 15 is 0 Å². The van der Waals surface area contributed by atoms with Crippen molar-refractivity contribution in [1.29, 1.82) is 0 Å². The van der Waals surface area contributed by atoms with Gasteiger partial charge in [-0.05, 0) is 37.5 Å². The summed E-state index contributed by atoms with van der Waals surface area (Å²) in [5, 5.41) is 14.3. The number of urea groups is 1. The van der Waals surface area contributed by atoms with Crippen LogP contribution in [0, 0.1) is 11.8 Å². The van der Waals surface area contributed by atoms with E-state index < -0.39 is 12.0 Å². The molecule has 0 radical (unpaired) electrons. The average molecular weight is 268 g/mol. The van der Waals surface area contributed by atoms with Crippen molar-refractivity contribution >= 4 is 12.0 Å². The fourth-order valence-electron chi connectivity index (χ4n) is 2.89. The Balaban J connectivity index is 1.57. The van der Waals surface area contributed by atoms with Crippen molar-refractivity contribution in [3.8, 4) is 0 Å². The largest absolute Gasteiger partial charge is 0.480 e. The molecule has 5 nitrogen and oxygen atoms in total. The van der Waals surface area contributed by atoms with E-state index in [9.17, 15) is 9.59 Å². The van der Waals surface area contributed by atoms with Gasteiger partial charge in [-0.3, -0.25) is 0 Å². The monoisotopic (exact) mass is 268 g/mol. The number of hydrogen-bond acceptors (Lipinski definition) is 2. The minimum atomic E-state index is -0.927. The first-order chi connectivity index (χ1) is 9.16. The van der Waals surface area contributed by atoms with Crippen LogP contribution in [0.15, 0.2) is 0 Å². The van der Waals surface area contributed by atoms with Crippen LogP contribution in [0.2, 0.25) is 0 Å². The van der Waals surface area contributed by atoms with E-state index in [1.165, 1.54) is 32.1 Å². The third kappa shape index (κ3) is 4.73. The first-order valence-corrected chi connectivity index (χ1v) is 7.44. The molecular weight excluding hydrogens is 244 g/mol. The lowest BCUT2D eigenvalue weighted by Gasteiger charge is -2.14. The van der Waals surface area contributed by atoms with E-state index in [0.29, 0.717) is 6.54 Å². The molecule has 1 atom stereocenters. The molecule has 5 heteroatoms. The van der Waals surface area contributed by atoms with Crippen molar-refractivity contribution in [2.24, 2.45) is 11.8 Å². The molecule has 3 N–H and O–H groups in total. The van der Waals surface area contributed by atoms with E-state index in [4.69, 9.17) is 5.11 Å². The molecule has 2 saturated carbocycles.